The molecule has 1 unspecified atom stereocenters. The minimum absolute atomic E-state index is 0.506. The number of hydrogen-bond donors (Lipinski definition) is 0. The highest BCUT2D eigenvalue weighted by Gasteiger charge is 2.17. The Balaban J connectivity index is 1.53. The normalized spacial score (nSPS) is 13.7. The molecule has 8 heteroatoms. The number of aromatic nitrogens is 6. The number of fused-ring (bicyclic) bond motifs is 2. The van der Waals surface area contributed by atoms with Crippen LogP contribution in [0.2, 0.25) is 0 Å². The minimum Gasteiger partial charge on any atom is -0.324 e. The quantitative estimate of drug-likeness (QED) is 0.407. The van der Waals surface area contributed by atoms with Gasteiger partial charge in [-0.25, -0.2) is 14.6 Å². The summed E-state index contributed by atoms with van der Waals surface area (Å²) in [4.78, 5) is 9.22. The van der Waals surface area contributed by atoms with Gasteiger partial charge in [0.1, 0.15) is 7.14 Å². The zero-order chi connectivity index (χ0) is 20.7. The van der Waals surface area contributed by atoms with Gasteiger partial charge in [-0.2, -0.15) is 0 Å². The van der Waals surface area contributed by atoms with E-state index in [1.54, 1.807) is 10.9 Å². The molecule has 5 aromatic rings. The van der Waals surface area contributed by atoms with Crippen LogP contribution in [0.15, 0.2) is 67.1 Å². The standard InChI is InChI=1S/C22H21N6OP/c1-3-30(2,29)19-8-4-6-17(12-19)20-13-23-21-22(24-20)28(26-25-21)15-16-9-10-18-7-5-11-27(18)14-16/h4-14H,3,15H2,1-2H3. The van der Waals surface area contributed by atoms with Gasteiger partial charge in [0.15, 0.2) is 5.65 Å². The lowest BCUT2D eigenvalue weighted by Gasteiger charge is -2.12. The third-order valence-electron chi connectivity index (χ3n) is 5.44. The monoisotopic (exact) mass is 416 g/mol. The second kappa shape index (κ2) is 7.18. The van der Waals surface area contributed by atoms with Gasteiger partial charge in [-0.1, -0.05) is 36.4 Å². The van der Waals surface area contributed by atoms with Gasteiger partial charge in [-0.3, -0.25) is 0 Å². The lowest BCUT2D eigenvalue weighted by molar-refractivity contribution is 0.585. The molecule has 150 valence electrons. The number of rotatable bonds is 5. The molecule has 1 aromatic carbocycles. The molecule has 5 rings (SSSR count). The van der Waals surface area contributed by atoms with Gasteiger partial charge < -0.3 is 8.97 Å². The second-order valence-electron chi connectivity index (χ2n) is 7.49. The van der Waals surface area contributed by atoms with E-state index in [0.29, 0.717) is 29.7 Å². The molecule has 0 bridgehead atoms. The first-order valence-corrected chi connectivity index (χ1v) is 12.2. The molecule has 4 heterocycles. The maximum Gasteiger partial charge on any atom is 0.221 e. The molecule has 30 heavy (non-hydrogen) atoms. The molecule has 1 atom stereocenters. The highest BCUT2D eigenvalue weighted by atomic mass is 31.2. The summed E-state index contributed by atoms with van der Waals surface area (Å²) in [5, 5.41) is 9.27. The number of benzene rings is 1. The van der Waals surface area contributed by atoms with Crippen LogP contribution in [0.1, 0.15) is 12.5 Å². The first-order chi connectivity index (χ1) is 14.5. The Morgan fingerprint density at radius 3 is 2.87 bits per heavy atom. The summed E-state index contributed by atoms with van der Waals surface area (Å²) < 4.78 is 16.6. The fourth-order valence-electron chi connectivity index (χ4n) is 3.49. The van der Waals surface area contributed by atoms with Gasteiger partial charge in [-0.15, -0.1) is 5.10 Å². The predicted octanol–water partition coefficient (Wildman–Crippen LogP) is 3.83. The van der Waals surface area contributed by atoms with E-state index in [9.17, 15) is 4.57 Å². The van der Waals surface area contributed by atoms with Crippen LogP contribution in [0.25, 0.3) is 28.1 Å². The van der Waals surface area contributed by atoms with Gasteiger partial charge in [-0.05, 0) is 36.5 Å². The van der Waals surface area contributed by atoms with Gasteiger partial charge in [0.2, 0.25) is 5.65 Å². The summed E-state index contributed by atoms with van der Waals surface area (Å²) in [5.74, 6) is 0. The van der Waals surface area contributed by atoms with Crippen LogP contribution in [0, 0.1) is 0 Å². The highest BCUT2D eigenvalue weighted by molar-refractivity contribution is 7.70. The fourth-order valence-corrected chi connectivity index (χ4v) is 4.67. The molecule has 0 saturated carbocycles. The zero-order valence-electron chi connectivity index (χ0n) is 16.8. The van der Waals surface area contributed by atoms with Crippen LogP contribution in [-0.4, -0.2) is 42.2 Å². The Bertz CT molecular complexity index is 1420. The first-order valence-electron chi connectivity index (χ1n) is 9.83. The topological polar surface area (TPSA) is 78.0 Å². The molecule has 0 aliphatic carbocycles. The summed E-state index contributed by atoms with van der Waals surface area (Å²) >= 11 is 0. The summed E-state index contributed by atoms with van der Waals surface area (Å²) in [6, 6.07) is 16.0. The Hall–Kier alpha value is -3.31. The Morgan fingerprint density at radius 1 is 1.10 bits per heavy atom. The predicted molar refractivity (Wildman–Crippen MR) is 119 cm³/mol. The van der Waals surface area contributed by atoms with Crippen molar-refractivity contribution in [2.75, 3.05) is 12.8 Å². The lowest BCUT2D eigenvalue weighted by Crippen LogP contribution is -2.06. The molecule has 0 fully saturated rings. The molecule has 4 aromatic heterocycles. The summed E-state index contributed by atoms with van der Waals surface area (Å²) in [6.45, 7) is 4.32. The van der Waals surface area contributed by atoms with E-state index in [0.717, 1.165) is 21.9 Å². The average Bonchev–Trinajstić information content (AvgIpc) is 3.40. The molecule has 0 N–H and O–H groups in total. The van der Waals surface area contributed by atoms with E-state index in [1.165, 1.54) is 0 Å². The fraction of sp³-hybridized carbons (Fsp3) is 0.182. The summed E-state index contributed by atoms with van der Waals surface area (Å²) in [7, 11) is -2.36. The first kappa shape index (κ1) is 18.7. The number of hydrogen-bond acceptors (Lipinski definition) is 5. The van der Waals surface area contributed by atoms with Gasteiger partial charge in [0.25, 0.3) is 0 Å². The molecule has 0 amide bonds. The number of nitrogens with zero attached hydrogens (tertiary/aromatic N) is 6. The van der Waals surface area contributed by atoms with Crippen molar-refractivity contribution >= 4 is 29.3 Å². The molecule has 0 aliphatic rings. The van der Waals surface area contributed by atoms with E-state index >= 15 is 0 Å². The Labute approximate surface area is 173 Å². The zero-order valence-corrected chi connectivity index (χ0v) is 17.7. The third-order valence-corrected chi connectivity index (χ3v) is 8.01. The lowest BCUT2D eigenvalue weighted by atomic mass is 10.2. The maximum absolute atomic E-state index is 12.8. The van der Waals surface area contributed by atoms with Crippen LogP contribution in [0.5, 0.6) is 0 Å². The second-order valence-corrected chi connectivity index (χ2v) is 10.8. The average molecular weight is 416 g/mol. The van der Waals surface area contributed by atoms with Crippen molar-refractivity contribution in [3.8, 4) is 11.3 Å². The van der Waals surface area contributed by atoms with Gasteiger partial charge in [0, 0.05) is 34.9 Å². The van der Waals surface area contributed by atoms with E-state index in [1.807, 2.05) is 50.1 Å². The van der Waals surface area contributed by atoms with Gasteiger partial charge >= 0.3 is 0 Å². The molecular weight excluding hydrogens is 395 g/mol. The van der Waals surface area contributed by atoms with Crippen molar-refractivity contribution in [2.45, 2.75) is 13.5 Å². The van der Waals surface area contributed by atoms with Crippen LogP contribution >= 0.6 is 7.14 Å². The smallest absolute Gasteiger partial charge is 0.221 e. The van der Waals surface area contributed by atoms with E-state index < -0.39 is 7.14 Å². The molecule has 0 saturated heterocycles. The Morgan fingerprint density at radius 2 is 2.00 bits per heavy atom. The molecule has 0 spiro atoms. The van der Waals surface area contributed by atoms with Crippen LogP contribution in [-0.2, 0) is 11.1 Å². The minimum atomic E-state index is -2.36. The van der Waals surface area contributed by atoms with E-state index in [-0.39, 0.29) is 0 Å². The van der Waals surface area contributed by atoms with Gasteiger partial charge in [0.05, 0.1) is 18.4 Å². The largest absolute Gasteiger partial charge is 0.324 e. The Kier molecular flexibility index (Phi) is 4.48. The SMILES string of the molecule is CCP(C)(=O)c1cccc(-c2cnc3nnn(Cc4ccc5cccn5c4)c3n2)c1. The molecular formula is C22H21N6OP. The maximum atomic E-state index is 12.8. The summed E-state index contributed by atoms with van der Waals surface area (Å²) in [6.07, 6.45) is 6.42. The molecule has 0 aliphatic heterocycles. The number of pyridine rings is 1. The van der Waals surface area contributed by atoms with Crippen molar-refractivity contribution in [3.63, 3.8) is 0 Å². The molecule has 0 radical (unpaired) electrons. The highest BCUT2D eigenvalue weighted by Crippen LogP contribution is 2.39. The van der Waals surface area contributed by atoms with Crippen LogP contribution in [0.4, 0.5) is 0 Å². The van der Waals surface area contributed by atoms with Crippen molar-refractivity contribution in [3.05, 3.63) is 72.7 Å². The summed E-state index contributed by atoms with van der Waals surface area (Å²) in [5.41, 5.74) is 4.97. The van der Waals surface area contributed by atoms with E-state index in [2.05, 4.69) is 44.1 Å². The van der Waals surface area contributed by atoms with Crippen molar-refractivity contribution < 1.29 is 4.57 Å². The van der Waals surface area contributed by atoms with Crippen molar-refractivity contribution in [1.29, 1.82) is 0 Å². The molecule has 7 nitrogen and oxygen atoms in total. The third kappa shape index (κ3) is 3.31. The van der Waals surface area contributed by atoms with Crippen LogP contribution in [0.3, 0.4) is 0 Å². The van der Waals surface area contributed by atoms with Crippen molar-refractivity contribution in [2.24, 2.45) is 0 Å². The van der Waals surface area contributed by atoms with Crippen molar-refractivity contribution in [1.82, 2.24) is 29.4 Å². The van der Waals surface area contributed by atoms with E-state index in [4.69, 9.17) is 4.98 Å². The van der Waals surface area contributed by atoms with Crippen LogP contribution < -0.4 is 5.30 Å².